The first-order valence-corrected chi connectivity index (χ1v) is 10.9. The highest BCUT2D eigenvalue weighted by atomic mass is 14.7. The molecule has 6 rings (SSSR count). The molecule has 32 heavy (non-hydrogen) atoms. The van der Waals surface area contributed by atoms with Gasteiger partial charge < -0.3 is 0 Å². The SMILES string of the molecule is c1ccc(-c2cc(-c3ccccc3)nc(-c3ccc4c(ccc5ccccc54)c3)c2)cc1. The number of nitrogens with zero attached hydrogens (tertiary/aromatic N) is 1. The first kappa shape index (κ1) is 18.5. The largest absolute Gasteiger partial charge is 0.248 e. The topological polar surface area (TPSA) is 12.9 Å². The van der Waals surface area contributed by atoms with E-state index >= 15 is 0 Å². The summed E-state index contributed by atoms with van der Waals surface area (Å²) in [5, 5.41) is 5.06. The van der Waals surface area contributed by atoms with Gasteiger partial charge in [-0.2, -0.15) is 0 Å². The predicted octanol–water partition coefficient (Wildman–Crippen LogP) is 8.39. The Morgan fingerprint density at radius 1 is 0.344 bits per heavy atom. The molecule has 0 saturated heterocycles. The maximum atomic E-state index is 5.07. The van der Waals surface area contributed by atoms with E-state index in [1.54, 1.807) is 0 Å². The van der Waals surface area contributed by atoms with E-state index in [4.69, 9.17) is 4.98 Å². The van der Waals surface area contributed by atoms with Gasteiger partial charge in [0, 0.05) is 11.1 Å². The summed E-state index contributed by atoms with van der Waals surface area (Å²) >= 11 is 0. The molecule has 0 bridgehead atoms. The zero-order valence-corrected chi connectivity index (χ0v) is 17.6. The molecule has 0 amide bonds. The van der Waals surface area contributed by atoms with Crippen molar-refractivity contribution in [1.29, 1.82) is 0 Å². The average Bonchev–Trinajstić information content (AvgIpc) is 2.89. The van der Waals surface area contributed by atoms with Crippen molar-refractivity contribution >= 4 is 21.5 Å². The lowest BCUT2D eigenvalue weighted by atomic mass is 9.97. The summed E-state index contributed by atoms with van der Waals surface area (Å²) < 4.78 is 0. The summed E-state index contributed by atoms with van der Waals surface area (Å²) in [5.41, 5.74) is 6.59. The van der Waals surface area contributed by atoms with Crippen LogP contribution in [0.5, 0.6) is 0 Å². The van der Waals surface area contributed by atoms with Gasteiger partial charge in [-0.05, 0) is 50.9 Å². The maximum Gasteiger partial charge on any atom is 0.0715 e. The minimum absolute atomic E-state index is 0.986. The van der Waals surface area contributed by atoms with Crippen LogP contribution in [0.2, 0.25) is 0 Å². The predicted molar refractivity (Wildman–Crippen MR) is 136 cm³/mol. The Bertz CT molecular complexity index is 1490. The van der Waals surface area contributed by atoms with Gasteiger partial charge in [0.1, 0.15) is 0 Å². The first-order chi connectivity index (χ1) is 15.8. The van der Waals surface area contributed by atoms with Crippen LogP contribution in [-0.2, 0) is 0 Å². The van der Waals surface area contributed by atoms with Gasteiger partial charge in [-0.25, -0.2) is 4.98 Å². The van der Waals surface area contributed by atoms with Gasteiger partial charge in [-0.15, -0.1) is 0 Å². The van der Waals surface area contributed by atoms with Crippen LogP contribution in [0.15, 0.2) is 127 Å². The lowest BCUT2D eigenvalue weighted by Gasteiger charge is -2.11. The molecule has 0 aliphatic carbocycles. The van der Waals surface area contributed by atoms with Crippen molar-refractivity contribution < 1.29 is 0 Å². The molecule has 0 fully saturated rings. The second-order valence-corrected chi connectivity index (χ2v) is 8.08. The van der Waals surface area contributed by atoms with E-state index in [-0.39, 0.29) is 0 Å². The maximum absolute atomic E-state index is 5.07. The Balaban J connectivity index is 1.55. The van der Waals surface area contributed by atoms with Crippen molar-refractivity contribution in [3.05, 3.63) is 127 Å². The lowest BCUT2D eigenvalue weighted by Crippen LogP contribution is -1.91. The van der Waals surface area contributed by atoms with Crippen LogP contribution in [0.4, 0.5) is 0 Å². The van der Waals surface area contributed by atoms with Crippen molar-refractivity contribution in [2.45, 2.75) is 0 Å². The number of benzene rings is 5. The molecule has 0 saturated carbocycles. The van der Waals surface area contributed by atoms with E-state index in [0.717, 1.165) is 22.5 Å². The summed E-state index contributed by atoms with van der Waals surface area (Å²) in [6.45, 7) is 0. The van der Waals surface area contributed by atoms with Crippen molar-refractivity contribution in [1.82, 2.24) is 4.98 Å². The van der Waals surface area contributed by atoms with Crippen molar-refractivity contribution in [2.24, 2.45) is 0 Å². The lowest BCUT2D eigenvalue weighted by molar-refractivity contribution is 1.32. The molecule has 0 aliphatic rings. The summed E-state index contributed by atoms with van der Waals surface area (Å²) in [7, 11) is 0. The Morgan fingerprint density at radius 3 is 1.72 bits per heavy atom. The van der Waals surface area contributed by atoms with Gasteiger partial charge in [0.2, 0.25) is 0 Å². The van der Waals surface area contributed by atoms with Crippen LogP contribution in [-0.4, -0.2) is 4.98 Å². The van der Waals surface area contributed by atoms with Crippen LogP contribution >= 0.6 is 0 Å². The average molecular weight is 408 g/mol. The van der Waals surface area contributed by atoms with Crippen LogP contribution < -0.4 is 0 Å². The van der Waals surface area contributed by atoms with Gasteiger partial charge in [-0.1, -0.05) is 109 Å². The standard InChI is InChI=1S/C31H21N/c1-3-9-22(10-4-1)27-20-30(24-12-5-2-6-13-24)32-31(21-27)26-17-18-29-25(19-26)16-15-23-11-7-8-14-28(23)29/h1-21H. The van der Waals surface area contributed by atoms with Crippen molar-refractivity contribution in [3.8, 4) is 33.6 Å². The van der Waals surface area contributed by atoms with Crippen LogP contribution in [0.3, 0.4) is 0 Å². The number of fused-ring (bicyclic) bond motifs is 3. The third-order valence-electron chi connectivity index (χ3n) is 6.04. The molecule has 150 valence electrons. The Hall–Kier alpha value is -4.23. The van der Waals surface area contributed by atoms with E-state index in [1.165, 1.54) is 32.7 Å². The molecule has 1 nitrogen and oxygen atoms in total. The fourth-order valence-corrected chi connectivity index (χ4v) is 4.40. The molecule has 0 spiro atoms. The van der Waals surface area contributed by atoms with E-state index in [0.29, 0.717) is 0 Å². The Morgan fingerprint density at radius 2 is 0.938 bits per heavy atom. The van der Waals surface area contributed by atoms with Gasteiger partial charge >= 0.3 is 0 Å². The molecular weight excluding hydrogens is 386 g/mol. The van der Waals surface area contributed by atoms with Crippen LogP contribution in [0.25, 0.3) is 55.2 Å². The highest BCUT2D eigenvalue weighted by molar-refractivity contribution is 6.08. The highest BCUT2D eigenvalue weighted by Gasteiger charge is 2.10. The number of hydrogen-bond donors (Lipinski definition) is 0. The van der Waals surface area contributed by atoms with Gasteiger partial charge in [0.05, 0.1) is 11.4 Å². The van der Waals surface area contributed by atoms with E-state index in [9.17, 15) is 0 Å². The number of hydrogen-bond acceptors (Lipinski definition) is 1. The van der Waals surface area contributed by atoms with E-state index in [1.807, 2.05) is 6.07 Å². The quantitative estimate of drug-likeness (QED) is 0.268. The number of rotatable bonds is 3. The second-order valence-electron chi connectivity index (χ2n) is 8.08. The number of aromatic nitrogens is 1. The van der Waals surface area contributed by atoms with Gasteiger partial charge in [-0.3, -0.25) is 0 Å². The van der Waals surface area contributed by atoms with Crippen LogP contribution in [0.1, 0.15) is 0 Å². The fourth-order valence-electron chi connectivity index (χ4n) is 4.40. The molecular formula is C31H21N. The van der Waals surface area contributed by atoms with Gasteiger partial charge in [0.15, 0.2) is 0 Å². The van der Waals surface area contributed by atoms with Crippen molar-refractivity contribution in [3.63, 3.8) is 0 Å². The zero-order valence-electron chi connectivity index (χ0n) is 17.6. The molecule has 0 unspecified atom stereocenters. The van der Waals surface area contributed by atoms with E-state index < -0.39 is 0 Å². The minimum atomic E-state index is 0.986. The Kier molecular flexibility index (Phi) is 4.51. The monoisotopic (exact) mass is 407 g/mol. The minimum Gasteiger partial charge on any atom is -0.248 e. The molecule has 0 radical (unpaired) electrons. The van der Waals surface area contributed by atoms with E-state index in [2.05, 4.69) is 121 Å². The highest BCUT2D eigenvalue weighted by Crippen LogP contribution is 2.33. The molecule has 0 N–H and O–H groups in total. The third-order valence-corrected chi connectivity index (χ3v) is 6.04. The molecule has 1 heterocycles. The molecule has 0 atom stereocenters. The summed E-state index contributed by atoms with van der Waals surface area (Å²) in [6.07, 6.45) is 0. The van der Waals surface area contributed by atoms with Crippen molar-refractivity contribution in [2.75, 3.05) is 0 Å². The summed E-state index contributed by atoms with van der Waals surface area (Å²) in [6, 6.07) is 45.0. The second kappa shape index (κ2) is 7.79. The third kappa shape index (κ3) is 3.34. The Labute approximate surface area is 187 Å². The zero-order chi connectivity index (χ0) is 21.3. The molecule has 6 aromatic rings. The summed E-state index contributed by atoms with van der Waals surface area (Å²) in [5.74, 6) is 0. The number of pyridine rings is 1. The fraction of sp³-hybridized carbons (Fsp3) is 0. The smallest absolute Gasteiger partial charge is 0.0715 e. The molecule has 0 aliphatic heterocycles. The van der Waals surface area contributed by atoms with Gasteiger partial charge in [0.25, 0.3) is 0 Å². The normalized spacial score (nSPS) is 11.1. The summed E-state index contributed by atoms with van der Waals surface area (Å²) in [4.78, 5) is 5.07. The molecule has 1 heteroatoms. The molecule has 1 aromatic heterocycles. The van der Waals surface area contributed by atoms with Crippen LogP contribution in [0, 0.1) is 0 Å². The molecule has 5 aromatic carbocycles. The first-order valence-electron chi connectivity index (χ1n) is 10.9.